The highest BCUT2D eigenvalue weighted by molar-refractivity contribution is 5.02. The van der Waals surface area contributed by atoms with E-state index in [4.69, 9.17) is 18.9 Å². The first kappa shape index (κ1) is 27.9. The van der Waals surface area contributed by atoms with Gasteiger partial charge in [0, 0.05) is 0 Å². The highest BCUT2D eigenvalue weighted by Crippen LogP contribution is 2.33. The fourth-order valence-electron chi connectivity index (χ4n) is 4.24. The molecule has 0 aliphatic carbocycles. The molecule has 3 fully saturated rings. The van der Waals surface area contributed by atoms with Crippen molar-refractivity contribution in [3.63, 3.8) is 0 Å². The van der Waals surface area contributed by atoms with Crippen LogP contribution in [0, 0.1) is 0 Å². The minimum atomic E-state index is -2.07. The summed E-state index contributed by atoms with van der Waals surface area (Å²) in [5, 5.41) is 120. The fourth-order valence-corrected chi connectivity index (χ4v) is 4.24. The van der Waals surface area contributed by atoms with Gasteiger partial charge in [-0.15, -0.1) is 0 Å². The molecule has 0 spiro atoms. The van der Waals surface area contributed by atoms with Crippen molar-refractivity contribution in [2.24, 2.45) is 0 Å². The van der Waals surface area contributed by atoms with E-state index in [0.717, 1.165) is 0 Å². The van der Waals surface area contributed by atoms with Crippen molar-refractivity contribution in [3.05, 3.63) is 0 Å². The molecule has 0 amide bonds. The molecule has 0 aromatic heterocycles. The average molecular weight is 504 g/mol. The van der Waals surface area contributed by atoms with Gasteiger partial charge in [0.1, 0.15) is 85.5 Å². The van der Waals surface area contributed by atoms with E-state index in [1.54, 1.807) is 0 Å². The van der Waals surface area contributed by atoms with Crippen molar-refractivity contribution in [1.82, 2.24) is 0 Å². The van der Waals surface area contributed by atoms with Gasteiger partial charge in [0.25, 0.3) is 0 Å². The molecule has 0 aromatic carbocycles. The molecule has 16 atom stereocenters. The van der Waals surface area contributed by atoms with Crippen LogP contribution in [0.25, 0.3) is 0 Å². The van der Waals surface area contributed by atoms with Crippen molar-refractivity contribution in [2.45, 2.75) is 98.0 Å². The van der Waals surface area contributed by atoms with Gasteiger partial charge in [0.05, 0.1) is 13.2 Å². The van der Waals surface area contributed by atoms with Crippen LogP contribution >= 0.6 is 0 Å². The molecule has 0 aromatic rings. The van der Waals surface area contributed by atoms with Gasteiger partial charge in [-0.05, 0) is 0 Å². The lowest BCUT2D eigenvalue weighted by Gasteiger charge is -2.49. The molecule has 0 bridgehead atoms. The molecule has 3 aliphatic heterocycles. The third kappa shape index (κ3) is 5.09. The topological polar surface area (TPSA) is 280 Å². The first-order valence-electron chi connectivity index (χ1n) is 10.6. The summed E-state index contributed by atoms with van der Waals surface area (Å²) in [4.78, 5) is 0. The maximum atomic E-state index is 10.9. The number of hydrogen-bond donors (Lipinski definition) is 12. The third-order valence-corrected chi connectivity index (χ3v) is 6.34. The quantitative estimate of drug-likeness (QED) is 0.160. The molecular weight excluding hydrogens is 472 g/mol. The maximum Gasteiger partial charge on any atom is 0.187 e. The molecule has 34 heavy (non-hydrogen) atoms. The van der Waals surface area contributed by atoms with Gasteiger partial charge in [0.15, 0.2) is 12.6 Å². The molecule has 3 saturated heterocycles. The van der Waals surface area contributed by atoms with Crippen molar-refractivity contribution in [3.8, 4) is 0 Å². The minimum absolute atomic E-state index is 0.799. The van der Waals surface area contributed by atoms with Crippen LogP contribution in [0.3, 0.4) is 0 Å². The third-order valence-electron chi connectivity index (χ3n) is 6.34. The summed E-state index contributed by atoms with van der Waals surface area (Å²) in [6.07, 6.45) is -29.3. The average Bonchev–Trinajstić information content (AvgIpc) is 2.82. The minimum Gasteiger partial charge on any atom is -0.394 e. The standard InChI is InChI=1S/C18H32O16/c19-1-3-5(21)7(23)9(25)14(31-3)13(29)16-15(10(26)11(27)17(30)33-16)34-18-12(28)8(24)6(22)4(2-20)32-18/h3-30H,1-2H2/t3-,4-,5+,6+,7+,8+,9-,10-,11-,12-,13?,14?,15+,16-,17?,18+/m1/s1. The first-order valence-corrected chi connectivity index (χ1v) is 10.6. The van der Waals surface area contributed by atoms with E-state index in [-0.39, 0.29) is 0 Å². The summed E-state index contributed by atoms with van der Waals surface area (Å²) in [5.74, 6) is 0. The van der Waals surface area contributed by atoms with E-state index in [2.05, 4.69) is 0 Å². The molecule has 200 valence electrons. The molecule has 0 radical (unpaired) electrons. The van der Waals surface area contributed by atoms with Crippen LogP contribution in [-0.2, 0) is 18.9 Å². The molecule has 16 heteroatoms. The van der Waals surface area contributed by atoms with Crippen molar-refractivity contribution in [1.29, 1.82) is 0 Å². The Labute approximate surface area is 192 Å². The zero-order valence-corrected chi connectivity index (χ0v) is 17.7. The van der Waals surface area contributed by atoms with Crippen LogP contribution in [0.2, 0.25) is 0 Å². The Bertz CT molecular complexity index is 651. The molecule has 3 unspecified atom stereocenters. The molecule has 12 N–H and O–H groups in total. The summed E-state index contributed by atoms with van der Waals surface area (Å²) >= 11 is 0. The summed E-state index contributed by atoms with van der Waals surface area (Å²) in [5.41, 5.74) is 0. The SMILES string of the molecule is OC[C@H]1O[C@@H](O[C@H]2[C@H](O)[C@@H](O)C(O)O[C@@H]2C(O)C2O[C@H](CO)[C@H](O)[C@H](O)[C@H]2O)[C@H](O)[C@@H](O)[C@H]1O. The van der Waals surface area contributed by atoms with Crippen LogP contribution in [-0.4, -0.2) is 173 Å². The largest absolute Gasteiger partial charge is 0.394 e. The number of ether oxygens (including phenoxy) is 4. The Morgan fingerprint density at radius 2 is 1.09 bits per heavy atom. The second-order valence-electron chi connectivity index (χ2n) is 8.55. The summed E-state index contributed by atoms with van der Waals surface area (Å²) in [6.45, 7) is -1.61. The predicted molar refractivity (Wildman–Crippen MR) is 101 cm³/mol. The number of aliphatic hydroxyl groups excluding tert-OH is 12. The van der Waals surface area contributed by atoms with Gasteiger partial charge in [0.2, 0.25) is 0 Å². The van der Waals surface area contributed by atoms with E-state index in [9.17, 15) is 61.3 Å². The Morgan fingerprint density at radius 3 is 1.65 bits per heavy atom. The smallest absolute Gasteiger partial charge is 0.187 e. The Balaban J connectivity index is 1.85. The first-order chi connectivity index (χ1) is 15.9. The van der Waals surface area contributed by atoms with Gasteiger partial charge >= 0.3 is 0 Å². The van der Waals surface area contributed by atoms with Crippen LogP contribution in [0.1, 0.15) is 0 Å². The molecule has 3 heterocycles. The van der Waals surface area contributed by atoms with E-state index in [1.165, 1.54) is 0 Å². The molecule has 3 rings (SSSR count). The van der Waals surface area contributed by atoms with E-state index in [1.807, 2.05) is 0 Å². The monoisotopic (exact) mass is 504 g/mol. The van der Waals surface area contributed by atoms with E-state index in [0.29, 0.717) is 0 Å². The van der Waals surface area contributed by atoms with Crippen LogP contribution < -0.4 is 0 Å². The number of aliphatic hydroxyl groups is 12. The zero-order chi connectivity index (χ0) is 25.5. The van der Waals surface area contributed by atoms with E-state index < -0.39 is 111 Å². The van der Waals surface area contributed by atoms with Gasteiger partial charge in [-0.1, -0.05) is 0 Å². The van der Waals surface area contributed by atoms with Crippen LogP contribution in [0.4, 0.5) is 0 Å². The lowest BCUT2D eigenvalue weighted by molar-refractivity contribution is -0.366. The fraction of sp³-hybridized carbons (Fsp3) is 1.00. The summed E-state index contributed by atoms with van der Waals surface area (Å²) in [7, 11) is 0. The highest BCUT2D eigenvalue weighted by Gasteiger charge is 2.55. The maximum absolute atomic E-state index is 10.9. The Kier molecular flexibility index (Phi) is 9.18. The van der Waals surface area contributed by atoms with Crippen LogP contribution in [0.5, 0.6) is 0 Å². The summed E-state index contributed by atoms with van der Waals surface area (Å²) < 4.78 is 21.0. The van der Waals surface area contributed by atoms with Gasteiger partial charge in [-0.25, -0.2) is 0 Å². The Morgan fingerprint density at radius 1 is 0.559 bits per heavy atom. The van der Waals surface area contributed by atoms with Crippen molar-refractivity contribution < 1.29 is 80.2 Å². The molecular formula is C18H32O16. The second kappa shape index (κ2) is 11.2. The van der Waals surface area contributed by atoms with Gasteiger partial charge in [-0.2, -0.15) is 0 Å². The predicted octanol–water partition coefficient (Wildman–Crippen LogP) is -8.19. The lowest BCUT2D eigenvalue weighted by Crippen LogP contribution is -2.69. The lowest BCUT2D eigenvalue weighted by atomic mass is 9.86. The number of rotatable bonds is 6. The molecule has 3 aliphatic rings. The van der Waals surface area contributed by atoms with Crippen molar-refractivity contribution >= 4 is 0 Å². The summed E-state index contributed by atoms with van der Waals surface area (Å²) in [6, 6.07) is 0. The van der Waals surface area contributed by atoms with Crippen LogP contribution in [0.15, 0.2) is 0 Å². The molecule has 0 saturated carbocycles. The van der Waals surface area contributed by atoms with E-state index >= 15 is 0 Å². The van der Waals surface area contributed by atoms with Crippen molar-refractivity contribution in [2.75, 3.05) is 13.2 Å². The van der Waals surface area contributed by atoms with Gasteiger partial charge in [-0.3, -0.25) is 0 Å². The second-order valence-corrected chi connectivity index (χ2v) is 8.55. The Hall–Kier alpha value is -0.640. The number of hydrogen-bond acceptors (Lipinski definition) is 16. The van der Waals surface area contributed by atoms with Gasteiger partial charge < -0.3 is 80.2 Å². The molecule has 16 nitrogen and oxygen atoms in total. The highest BCUT2D eigenvalue weighted by atomic mass is 16.7. The normalized spacial score (nSPS) is 53.5. The zero-order valence-electron chi connectivity index (χ0n) is 17.7.